The van der Waals surface area contributed by atoms with Crippen molar-refractivity contribution in [1.29, 1.82) is 0 Å². The number of rotatable bonds is 8. The van der Waals surface area contributed by atoms with E-state index in [9.17, 15) is 19.5 Å². The highest BCUT2D eigenvalue weighted by Crippen LogP contribution is 2.45. The number of fused-ring (bicyclic) bond motifs is 1. The number of benzene rings is 2. The molecule has 0 bridgehead atoms. The molecule has 0 aliphatic carbocycles. The number of esters is 1. The first kappa shape index (κ1) is 27.2. The van der Waals surface area contributed by atoms with Gasteiger partial charge in [-0.25, -0.2) is 9.78 Å². The molecule has 10 nitrogen and oxygen atoms in total. The standard InChI is InChI=1S/C29H28N2O8S/c1-4-5-11-37-19-8-6-7-17(14-19)23-22(24(32)18-9-10-20-21(15-18)39-13-12-38-20)25(33)27(34)31(23)29-30-16(2)26(40-29)28(35)36-3/h6-10,14-15,23,32H,4-5,11-13H2,1-3H3/b24-22+/t23-/m1/s1. The lowest BCUT2D eigenvalue weighted by Gasteiger charge is -2.24. The Hall–Kier alpha value is -4.38. The van der Waals surface area contributed by atoms with Gasteiger partial charge in [-0.1, -0.05) is 36.8 Å². The van der Waals surface area contributed by atoms with Gasteiger partial charge in [-0.2, -0.15) is 0 Å². The molecular weight excluding hydrogens is 536 g/mol. The number of aryl methyl sites for hydroxylation is 1. The lowest BCUT2D eigenvalue weighted by atomic mass is 9.95. The first-order valence-corrected chi connectivity index (χ1v) is 13.6. The van der Waals surface area contributed by atoms with Crippen LogP contribution in [0.1, 0.15) is 52.3 Å². The summed E-state index contributed by atoms with van der Waals surface area (Å²) < 4.78 is 22.0. The van der Waals surface area contributed by atoms with Crippen molar-refractivity contribution in [1.82, 2.24) is 4.98 Å². The Morgan fingerprint density at radius 2 is 1.93 bits per heavy atom. The number of hydrogen-bond acceptors (Lipinski definition) is 10. The number of methoxy groups -OCH3 is 1. The minimum absolute atomic E-state index is 0.125. The number of nitrogens with zero attached hydrogens (tertiary/aromatic N) is 2. The quantitative estimate of drug-likeness (QED) is 0.135. The summed E-state index contributed by atoms with van der Waals surface area (Å²) in [7, 11) is 1.25. The molecule has 1 N–H and O–H groups in total. The molecule has 1 aromatic heterocycles. The highest BCUT2D eigenvalue weighted by Gasteiger charge is 2.48. The van der Waals surface area contributed by atoms with Crippen LogP contribution in [-0.2, 0) is 14.3 Å². The van der Waals surface area contributed by atoms with Crippen molar-refractivity contribution in [2.45, 2.75) is 32.7 Å². The Balaban J connectivity index is 1.66. The molecule has 1 saturated heterocycles. The van der Waals surface area contributed by atoms with Gasteiger partial charge in [0.05, 0.1) is 31.0 Å². The van der Waals surface area contributed by atoms with E-state index >= 15 is 0 Å². The van der Waals surface area contributed by atoms with Crippen LogP contribution < -0.4 is 19.1 Å². The van der Waals surface area contributed by atoms with E-state index in [1.807, 2.05) is 0 Å². The first-order chi connectivity index (χ1) is 19.3. The topological polar surface area (TPSA) is 124 Å². The molecule has 208 valence electrons. The van der Waals surface area contributed by atoms with Crippen LogP contribution in [0.3, 0.4) is 0 Å². The van der Waals surface area contributed by atoms with Crippen molar-refractivity contribution in [2.24, 2.45) is 0 Å². The summed E-state index contributed by atoms with van der Waals surface area (Å²) in [4.78, 5) is 45.2. The number of aliphatic hydroxyl groups is 1. The van der Waals surface area contributed by atoms with E-state index in [0.717, 1.165) is 24.2 Å². The van der Waals surface area contributed by atoms with Crippen LogP contribution in [0, 0.1) is 6.92 Å². The number of unbranched alkanes of at least 4 members (excludes halogenated alkanes) is 1. The number of ether oxygens (including phenoxy) is 4. The Kier molecular flexibility index (Phi) is 7.74. The van der Waals surface area contributed by atoms with Crippen molar-refractivity contribution in [3.8, 4) is 17.2 Å². The minimum Gasteiger partial charge on any atom is -0.507 e. The number of thiazole rings is 1. The summed E-state index contributed by atoms with van der Waals surface area (Å²) >= 11 is 0.938. The van der Waals surface area contributed by atoms with Crippen LogP contribution in [0.15, 0.2) is 48.0 Å². The molecule has 1 fully saturated rings. The summed E-state index contributed by atoms with van der Waals surface area (Å²) in [6, 6.07) is 10.8. The smallest absolute Gasteiger partial charge is 0.350 e. The zero-order chi connectivity index (χ0) is 28.4. The maximum Gasteiger partial charge on any atom is 0.350 e. The molecule has 1 atom stereocenters. The monoisotopic (exact) mass is 564 g/mol. The predicted molar refractivity (Wildman–Crippen MR) is 147 cm³/mol. The zero-order valence-corrected chi connectivity index (χ0v) is 23.1. The van der Waals surface area contributed by atoms with Gasteiger partial charge < -0.3 is 24.1 Å². The predicted octanol–water partition coefficient (Wildman–Crippen LogP) is 4.81. The fraction of sp³-hybridized carbons (Fsp3) is 0.310. The molecular formula is C29H28N2O8S. The van der Waals surface area contributed by atoms with E-state index < -0.39 is 23.7 Å². The second kappa shape index (κ2) is 11.4. The molecule has 1 amide bonds. The maximum atomic E-state index is 13.5. The molecule has 40 heavy (non-hydrogen) atoms. The van der Waals surface area contributed by atoms with E-state index in [1.54, 1.807) is 49.4 Å². The number of Topliss-reactive ketones (excluding diaryl/α,β-unsaturated/α-hetero) is 1. The normalized spacial score (nSPS) is 17.7. The summed E-state index contributed by atoms with van der Waals surface area (Å²) in [5.41, 5.74) is 1.05. The van der Waals surface area contributed by atoms with E-state index in [1.165, 1.54) is 12.0 Å². The van der Waals surface area contributed by atoms with Crippen molar-refractivity contribution < 1.29 is 38.4 Å². The van der Waals surface area contributed by atoms with Gasteiger partial charge in [-0.15, -0.1) is 0 Å². The summed E-state index contributed by atoms with van der Waals surface area (Å²) in [5, 5.41) is 11.6. The molecule has 0 radical (unpaired) electrons. The molecule has 2 aliphatic rings. The van der Waals surface area contributed by atoms with Gasteiger partial charge in [-0.3, -0.25) is 14.5 Å². The lowest BCUT2D eigenvalue weighted by molar-refractivity contribution is -0.132. The largest absolute Gasteiger partial charge is 0.507 e. The Morgan fingerprint density at radius 3 is 2.67 bits per heavy atom. The van der Waals surface area contributed by atoms with E-state index in [2.05, 4.69) is 11.9 Å². The molecule has 2 aromatic carbocycles. The number of aliphatic hydroxyl groups excluding tert-OH is 1. The van der Waals surface area contributed by atoms with Gasteiger partial charge in [0, 0.05) is 5.56 Å². The van der Waals surface area contributed by atoms with Crippen LogP contribution in [0.25, 0.3) is 5.76 Å². The van der Waals surface area contributed by atoms with Crippen LogP contribution in [0.2, 0.25) is 0 Å². The van der Waals surface area contributed by atoms with Crippen LogP contribution >= 0.6 is 11.3 Å². The van der Waals surface area contributed by atoms with Gasteiger partial charge in [0.25, 0.3) is 5.78 Å². The Bertz CT molecular complexity index is 1510. The van der Waals surface area contributed by atoms with Gasteiger partial charge in [-0.05, 0) is 49.2 Å². The average Bonchev–Trinajstić information content (AvgIpc) is 3.48. The van der Waals surface area contributed by atoms with Gasteiger partial charge >= 0.3 is 11.9 Å². The van der Waals surface area contributed by atoms with Crippen molar-refractivity contribution in [3.63, 3.8) is 0 Å². The SMILES string of the molecule is CCCCOc1cccc([C@@H]2/C(=C(\O)c3ccc4c(c3)OCCO4)C(=O)C(=O)N2c2nc(C)c(C(=O)OC)s2)c1. The van der Waals surface area contributed by atoms with E-state index in [0.29, 0.717) is 48.3 Å². The summed E-state index contributed by atoms with van der Waals surface area (Å²) in [5.74, 6) is -1.25. The number of carbonyl (C=O) groups is 3. The second-order valence-corrected chi connectivity index (χ2v) is 10.2. The fourth-order valence-electron chi connectivity index (χ4n) is 4.57. The minimum atomic E-state index is -1.04. The fourth-order valence-corrected chi connectivity index (χ4v) is 5.58. The molecule has 5 rings (SSSR count). The summed E-state index contributed by atoms with van der Waals surface area (Å²) in [6.45, 7) is 4.93. The third-order valence-electron chi connectivity index (χ3n) is 6.56. The molecule has 3 heterocycles. The number of ketones is 1. The maximum absolute atomic E-state index is 13.5. The second-order valence-electron chi connectivity index (χ2n) is 9.20. The van der Waals surface area contributed by atoms with Gasteiger partial charge in [0.15, 0.2) is 16.6 Å². The molecule has 0 unspecified atom stereocenters. The van der Waals surface area contributed by atoms with Gasteiger partial charge in [0.1, 0.15) is 29.6 Å². The molecule has 0 spiro atoms. The molecule has 2 aliphatic heterocycles. The lowest BCUT2D eigenvalue weighted by Crippen LogP contribution is -2.29. The first-order valence-electron chi connectivity index (χ1n) is 12.8. The van der Waals surface area contributed by atoms with E-state index in [4.69, 9.17) is 18.9 Å². The van der Waals surface area contributed by atoms with Crippen molar-refractivity contribution in [3.05, 3.63) is 69.7 Å². The van der Waals surface area contributed by atoms with Crippen molar-refractivity contribution in [2.75, 3.05) is 31.8 Å². The van der Waals surface area contributed by atoms with Crippen LogP contribution in [-0.4, -0.2) is 54.7 Å². The van der Waals surface area contributed by atoms with Crippen molar-refractivity contribution >= 4 is 39.9 Å². The van der Waals surface area contributed by atoms with Crippen LogP contribution in [0.5, 0.6) is 17.2 Å². The number of aromatic nitrogens is 1. The third kappa shape index (κ3) is 5.00. The average molecular weight is 565 g/mol. The highest BCUT2D eigenvalue weighted by molar-refractivity contribution is 7.17. The Morgan fingerprint density at radius 1 is 1.15 bits per heavy atom. The Labute approximate surface area is 234 Å². The molecule has 11 heteroatoms. The highest BCUT2D eigenvalue weighted by atomic mass is 32.1. The summed E-state index contributed by atoms with van der Waals surface area (Å²) in [6.07, 6.45) is 1.82. The van der Waals surface area contributed by atoms with E-state index in [-0.39, 0.29) is 26.9 Å². The number of amides is 1. The van der Waals surface area contributed by atoms with Crippen LogP contribution in [0.4, 0.5) is 5.13 Å². The molecule has 3 aromatic rings. The molecule has 0 saturated carbocycles. The zero-order valence-electron chi connectivity index (χ0n) is 22.3. The number of hydrogen-bond donors (Lipinski definition) is 1. The third-order valence-corrected chi connectivity index (χ3v) is 7.70. The number of carbonyl (C=O) groups excluding carboxylic acids is 3. The number of anilines is 1. The van der Waals surface area contributed by atoms with Gasteiger partial charge in [0.2, 0.25) is 0 Å².